The number of hydrogen-bond donors (Lipinski definition) is 2. The lowest BCUT2D eigenvalue weighted by Gasteiger charge is -2.40. The minimum absolute atomic E-state index is 0.237. The van der Waals surface area contributed by atoms with Crippen molar-refractivity contribution >= 4 is 8.88 Å². The molecule has 116 valence electrons. The van der Waals surface area contributed by atoms with E-state index in [0.717, 1.165) is 25.9 Å². The smallest absolute Gasteiger partial charge is 0.366 e. The van der Waals surface area contributed by atoms with Crippen LogP contribution in [0, 0.1) is 0 Å². The summed E-state index contributed by atoms with van der Waals surface area (Å²) in [5, 5.41) is 0. The molecule has 0 radical (unpaired) electrons. The van der Waals surface area contributed by atoms with E-state index in [1.807, 2.05) is 0 Å². The average molecular weight is 291 g/mol. The standard InChI is InChI=1S/C14H34N2O2Si/c1-9-11-15-19(16-12-10-2,17-13(3,4)5)18-14(6,7)8/h15-16H,9-12H2,1-8H3. The van der Waals surface area contributed by atoms with Crippen molar-refractivity contribution in [2.24, 2.45) is 0 Å². The Morgan fingerprint density at radius 1 is 0.737 bits per heavy atom. The highest BCUT2D eigenvalue weighted by Gasteiger charge is 2.45. The van der Waals surface area contributed by atoms with Gasteiger partial charge in [-0.25, -0.2) is 0 Å². The fraction of sp³-hybridized carbons (Fsp3) is 1.00. The first-order valence-corrected chi connectivity index (χ1v) is 9.25. The highest BCUT2D eigenvalue weighted by molar-refractivity contribution is 6.62. The van der Waals surface area contributed by atoms with Gasteiger partial charge in [-0.1, -0.05) is 13.8 Å². The quantitative estimate of drug-likeness (QED) is 0.674. The summed E-state index contributed by atoms with van der Waals surface area (Å²) in [6.45, 7) is 18.5. The SMILES string of the molecule is CCCN[Si](NCCC)(OC(C)(C)C)OC(C)(C)C. The molecule has 0 aliphatic rings. The monoisotopic (exact) mass is 290 g/mol. The molecule has 0 aromatic heterocycles. The third-order valence-corrected chi connectivity index (χ3v) is 5.35. The van der Waals surface area contributed by atoms with Crippen LogP contribution in [0.5, 0.6) is 0 Å². The van der Waals surface area contributed by atoms with Gasteiger partial charge in [0, 0.05) is 0 Å². The van der Waals surface area contributed by atoms with E-state index in [4.69, 9.17) is 8.85 Å². The first kappa shape index (κ1) is 19.1. The first-order chi connectivity index (χ1) is 8.54. The maximum absolute atomic E-state index is 6.30. The van der Waals surface area contributed by atoms with Crippen molar-refractivity contribution in [1.82, 2.24) is 9.96 Å². The molecule has 0 aliphatic heterocycles. The van der Waals surface area contributed by atoms with Crippen molar-refractivity contribution in [3.63, 3.8) is 0 Å². The maximum Gasteiger partial charge on any atom is 0.517 e. The van der Waals surface area contributed by atoms with Crippen molar-refractivity contribution in [3.8, 4) is 0 Å². The van der Waals surface area contributed by atoms with Gasteiger partial charge in [0.2, 0.25) is 0 Å². The molecule has 0 atom stereocenters. The highest BCUT2D eigenvalue weighted by Crippen LogP contribution is 2.20. The van der Waals surface area contributed by atoms with Gasteiger partial charge >= 0.3 is 8.88 Å². The van der Waals surface area contributed by atoms with Gasteiger partial charge < -0.3 is 8.85 Å². The Hall–Kier alpha value is 0.0569. The van der Waals surface area contributed by atoms with E-state index in [9.17, 15) is 0 Å². The Morgan fingerprint density at radius 3 is 1.26 bits per heavy atom. The second-order valence-electron chi connectivity index (χ2n) is 6.90. The van der Waals surface area contributed by atoms with Gasteiger partial charge in [0.15, 0.2) is 0 Å². The molecular weight excluding hydrogens is 256 g/mol. The normalized spacial score (nSPS) is 13.9. The van der Waals surface area contributed by atoms with Crippen LogP contribution in [0.15, 0.2) is 0 Å². The van der Waals surface area contributed by atoms with Crippen molar-refractivity contribution in [2.45, 2.75) is 79.4 Å². The minimum Gasteiger partial charge on any atom is -0.366 e. The van der Waals surface area contributed by atoms with Crippen molar-refractivity contribution < 1.29 is 8.85 Å². The summed E-state index contributed by atoms with van der Waals surface area (Å²) in [6.07, 6.45) is 2.12. The maximum atomic E-state index is 6.30. The van der Waals surface area contributed by atoms with Crippen LogP contribution in [0.4, 0.5) is 0 Å². The molecule has 0 unspecified atom stereocenters. The van der Waals surface area contributed by atoms with E-state index in [0.29, 0.717) is 0 Å². The molecule has 0 saturated heterocycles. The topological polar surface area (TPSA) is 42.5 Å². The molecule has 0 rings (SSSR count). The van der Waals surface area contributed by atoms with Crippen LogP contribution in [-0.4, -0.2) is 33.2 Å². The van der Waals surface area contributed by atoms with Crippen LogP contribution in [0.2, 0.25) is 0 Å². The summed E-state index contributed by atoms with van der Waals surface area (Å²) in [6, 6.07) is 0. The molecule has 0 saturated carbocycles. The van der Waals surface area contributed by atoms with Crippen molar-refractivity contribution in [2.75, 3.05) is 13.1 Å². The fourth-order valence-electron chi connectivity index (χ4n) is 1.67. The molecule has 2 N–H and O–H groups in total. The van der Waals surface area contributed by atoms with Gasteiger partial charge in [0.25, 0.3) is 0 Å². The van der Waals surface area contributed by atoms with E-state index in [1.54, 1.807) is 0 Å². The fourth-order valence-corrected chi connectivity index (χ4v) is 5.01. The van der Waals surface area contributed by atoms with Crippen LogP contribution in [0.25, 0.3) is 0 Å². The van der Waals surface area contributed by atoms with E-state index >= 15 is 0 Å². The Labute approximate surface area is 121 Å². The summed E-state index contributed by atoms with van der Waals surface area (Å²) in [4.78, 5) is 7.03. The minimum atomic E-state index is -2.61. The molecular formula is C14H34N2O2Si. The van der Waals surface area contributed by atoms with Gasteiger partial charge in [-0.05, 0) is 67.5 Å². The van der Waals surface area contributed by atoms with Gasteiger partial charge in [-0.15, -0.1) is 0 Å². The number of nitrogens with one attached hydrogen (secondary N) is 2. The van der Waals surface area contributed by atoms with Crippen LogP contribution in [0.1, 0.15) is 68.2 Å². The average Bonchev–Trinajstić information content (AvgIpc) is 2.19. The van der Waals surface area contributed by atoms with E-state index in [1.165, 1.54) is 0 Å². The Kier molecular flexibility index (Phi) is 7.76. The Morgan fingerprint density at radius 2 is 1.05 bits per heavy atom. The summed E-state index contributed by atoms with van der Waals surface area (Å²) in [5.41, 5.74) is -0.474. The predicted octanol–water partition coefficient (Wildman–Crippen LogP) is 3.05. The molecule has 0 heterocycles. The van der Waals surface area contributed by atoms with Gasteiger partial charge in [0.05, 0.1) is 11.2 Å². The lowest BCUT2D eigenvalue weighted by Crippen LogP contribution is -2.71. The Balaban J connectivity index is 5.06. The van der Waals surface area contributed by atoms with Crippen LogP contribution < -0.4 is 9.96 Å². The van der Waals surface area contributed by atoms with E-state index in [-0.39, 0.29) is 11.2 Å². The first-order valence-electron chi connectivity index (χ1n) is 7.44. The largest absolute Gasteiger partial charge is 0.517 e. The zero-order valence-electron chi connectivity index (χ0n) is 14.1. The second-order valence-corrected chi connectivity index (χ2v) is 9.25. The Bertz CT molecular complexity index is 221. The number of hydrogen-bond acceptors (Lipinski definition) is 4. The van der Waals surface area contributed by atoms with Gasteiger partial charge in [0.1, 0.15) is 0 Å². The predicted molar refractivity (Wildman–Crippen MR) is 84.0 cm³/mol. The molecule has 4 nitrogen and oxygen atoms in total. The molecule has 0 aromatic carbocycles. The zero-order valence-corrected chi connectivity index (χ0v) is 15.1. The molecule has 0 aliphatic carbocycles. The zero-order chi connectivity index (χ0) is 15.2. The summed E-state index contributed by atoms with van der Waals surface area (Å²) >= 11 is 0. The molecule has 5 heteroatoms. The molecule has 0 fully saturated rings. The second kappa shape index (κ2) is 7.74. The molecule has 0 spiro atoms. The van der Waals surface area contributed by atoms with Crippen LogP contribution in [0.3, 0.4) is 0 Å². The molecule has 19 heavy (non-hydrogen) atoms. The lowest BCUT2D eigenvalue weighted by atomic mass is 10.2. The highest BCUT2D eigenvalue weighted by atomic mass is 28.4. The van der Waals surface area contributed by atoms with Crippen LogP contribution >= 0.6 is 0 Å². The molecule has 0 aromatic rings. The van der Waals surface area contributed by atoms with Crippen molar-refractivity contribution in [1.29, 1.82) is 0 Å². The molecule has 0 amide bonds. The summed E-state index contributed by atoms with van der Waals surface area (Å²) < 4.78 is 12.6. The van der Waals surface area contributed by atoms with Crippen LogP contribution in [-0.2, 0) is 8.85 Å². The lowest BCUT2D eigenvalue weighted by molar-refractivity contribution is 0.000962. The van der Waals surface area contributed by atoms with Gasteiger partial charge in [-0.2, -0.15) is 0 Å². The van der Waals surface area contributed by atoms with E-state index < -0.39 is 8.88 Å². The van der Waals surface area contributed by atoms with Crippen molar-refractivity contribution in [3.05, 3.63) is 0 Å². The summed E-state index contributed by atoms with van der Waals surface area (Å²) in [7, 11) is -2.61. The number of rotatable bonds is 8. The third-order valence-electron chi connectivity index (χ3n) is 2.12. The summed E-state index contributed by atoms with van der Waals surface area (Å²) in [5.74, 6) is 0. The molecule has 0 bridgehead atoms. The third kappa shape index (κ3) is 9.57. The van der Waals surface area contributed by atoms with Gasteiger partial charge in [-0.3, -0.25) is 9.96 Å². The van der Waals surface area contributed by atoms with E-state index in [2.05, 4.69) is 65.4 Å².